The Morgan fingerprint density at radius 1 is 1.64 bits per heavy atom. The second-order valence-electron chi connectivity index (χ2n) is 2.46. The van der Waals surface area contributed by atoms with Crippen LogP contribution in [0.2, 0.25) is 0 Å². The van der Waals surface area contributed by atoms with E-state index in [9.17, 15) is 4.79 Å². The number of carbonyl (C=O) groups excluding carboxylic acids is 1. The van der Waals surface area contributed by atoms with Crippen molar-refractivity contribution in [3.63, 3.8) is 0 Å². The highest BCUT2D eigenvalue weighted by atomic mass is 16.6. The maximum absolute atomic E-state index is 10.7. The maximum Gasteiger partial charge on any atom is 0.309 e. The standard InChI is InChI=1S/C7H12O4/c1-9-4-6-5(10-2)3-7(8)11-6/h5-6H,3-4H2,1-2H3/t5?,6-/m1/s1. The van der Waals surface area contributed by atoms with Gasteiger partial charge in [0.15, 0.2) is 6.10 Å². The van der Waals surface area contributed by atoms with Crippen molar-refractivity contribution in [3.05, 3.63) is 0 Å². The molecule has 64 valence electrons. The molecule has 0 aromatic carbocycles. The first-order valence-electron chi connectivity index (χ1n) is 3.49. The van der Waals surface area contributed by atoms with Gasteiger partial charge in [-0.2, -0.15) is 0 Å². The fourth-order valence-electron chi connectivity index (χ4n) is 1.13. The number of cyclic esters (lactones) is 1. The molecule has 0 amide bonds. The third-order valence-corrected chi connectivity index (χ3v) is 1.70. The van der Waals surface area contributed by atoms with Crippen molar-refractivity contribution in [2.75, 3.05) is 20.8 Å². The first kappa shape index (κ1) is 8.49. The Balaban J connectivity index is 2.43. The quantitative estimate of drug-likeness (QED) is 0.543. The van der Waals surface area contributed by atoms with E-state index in [4.69, 9.17) is 14.2 Å². The molecule has 1 aliphatic heterocycles. The normalized spacial score (nSPS) is 30.5. The lowest BCUT2D eigenvalue weighted by molar-refractivity contribution is -0.143. The summed E-state index contributed by atoms with van der Waals surface area (Å²) in [5, 5.41) is 0. The second kappa shape index (κ2) is 3.69. The van der Waals surface area contributed by atoms with Crippen molar-refractivity contribution in [1.82, 2.24) is 0 Å². The van der Waals surface area contributed by atoms with Crippen LogP contribution in [0.5, 0.6) is 0 Å². The molecule has 0 bridgehead atoms. The average molecular weight is 160 g/mol. The van der Waals surface area contributed by atoms with Gasteiger partial charge < -0.3 is 14.2 Å². The van der Waals surface area contributed by atoms with Crippen LogP contribution in [0.15, 0.2) is 0 Å². The lowest BCUT2D eigenvalue weighted by Crippen LogP contribution is -2.27. The van der Waals surface area contributed by atoms with Crippen molar-refractivity contribution in [3.8, 4) is 0 Å². The largest absolute Gasteiger partial charge is 0.457 e. The molecule has 0 aromatic heterocycles. The molecule has 0 aromatic rings. The summed E-state index contributed by atoms with van der Waals surface area (Å²) >= 11 is 0. The zero-order valence-corrected chi connectivity index (χ0v) is 6.70. The zero-order chi connectivity index (χ0) is 8.27. The summed E-state index contributed by atoms with van der Waals surface area (Å²) < 4.78 is 14.8. The van der Waals surface area contributed by atoms with Gasteiger partial charge in [-0.3, -0.25) is 4.79 Å². The molecule has 4 nitrogen and oxygen atoms in total. The van der Waals surface area contributed by atoms with E-state index in [0.717, 1.165) is 0 Å². The summed E-state index contributed by atoms with van der Waals surface area (Å²) in [6.07, 6.45) is -0.0233. The smallest absolute Gasteiger partial charge is 0.309 e. The average Bonchev–Trinajstić information content (AvgIpc) is 2.32. The summed E-state index contributed by atoms with van der Waals surface area (Å²) in [6.45, 7) is 0.407. The number of esters is 1. The molecule has 0 N–H and O–H groups in total. The van der Waals surface area contributed by atoms with Crippen molar-refractivity contribution in [2.24, 2.45) is 0 Å². The molecule has 1 rings (SSSR count). The van der Waals surface area contributed by atoms with Crippen molar-refractivity contribution in [2.45, 2.75) is 18.6 Å². The molecular formula is C7H12O4. The van der Waals surface area contributed by atoms with Crippen molar-refractivity contribution in [1.29, 1.82) is 0 Å². The first-order valence-corrected chi connectivity index (χ1v) is 3.49. The highest BCUT2D eigenvalue weighted by Crippen LogP contribution is 2.17. The highest BCUT2D eigenvalue weighted by molar-refractivity contribution is 5.72. The third-order valence-electron chi connectivity index (χ3n) is 1.70. The molecule has 0 saturated carbocycles. The van der Waals surface area contributed by atoms with Crippen LogP contribution < -0.4 is 0 Å². The molecule has 1 fully saturated rings. The van der Waals surface area contributed by atoms with Crippen LogP contribution in [0.25, 0.3) is 0 Å². The van der Waals surface area contributed by atoms with Crippen LogP contribution >= 0.6 is 0 Å². The van der Waals surface area contributed by atoms with E-state index in [1.54, 1.807) is 14.2 Å². The monoisotopic (exact) mass is 160 g/mol. The highest BCUT2D eigenvalue weighted by Gasteiger charge is 2.34. The van der Waals surface area contributed by atoms with E-state index in [0.29, 0.717) is 13.0 Å². The minimum atomic E-state index is -0.225. The van der Waals surface area contributed by atoms with Crippen LogP contribution in [0, 0.1) is 0 Å². The number of hydrogen-bond acceptors (Lipinski definition) is 4. The molecule has 1 aliphatic rings. The molecule has 11 heavy (non-hydrogen) atoms. The van der Waals surface area contributed by atoms with Gasteiger partial charge in [-0.1, -0.05) is 0 Å². The number of ether oxygens (including phenoxy) is 3. The van der Waals surface area contributed by atoms with Crippen LogP contribution in [-0.2, 0) is 19.0 Å². The van der Waals surface area contributed by atoms with Crippen LogP contribution in [0.1, 0.15) is 6.42 Å². The van der Waals surface area contributed by atoms with E-state index in [1.165, 1.54) is 0 Å². The molecule has 0 spiro atoms. The van der Waals surface area contributed by atoms with Gasteiger partial charge in [-0.05, 0) is 0 Å². The van der Waals surface area contributed by atoms with Gasteiger partial charge in [0.1, 0.15) is 6.10 Å². The Bertz CT molecular complexity index is 145. The van der Waals surface area contributed by atoms with E-state index >= 15 is 0 Å². The Hall–Kier alpha value is -0.610. The van der Waals surface area contributed by atoms with Gasteiger partial charge in [0, 0.05) is 14.2 Å². The second-order valence-corrected chi connectivity index (χ2v) is 2.46. The van der Waals surface area contributed by atoms with Crippen molar-refractivity contribution >= 4 is 5.97 Å². The Morgan fingerprint density at radius 3 is 2.91 bits per heavy atom. The zero-order valence-electron chi connectivity index (χ0n) is 6.70. The van der Waals surface area contributed by atoms with E-state index in [1.807, 2.05) is 0 Å². The molecule has 1 saturated heterocycles. The fraction of sp³-hybridized carbons (Fsp3) is 0.857. The molecular weight excluding hydrogens is 148 g/mol. The fourth-order valence-corrected chi connectivity index (χ4v) is 1.13. The molecule has 1 heterocycles. The van der Waals surface area contributed by atoms with E-state index in [-0.39, 0.29) is 18.2 Å². The minimum absolute atomic E-state index is 0.137. The van der Waals surface area contributed by atoms with Gasteiger partial charge in [-0.25, -0.2) is 0 Å². The number of methoxy groups -OCH3 is 2. The topological polar surface area (TPSA) is 44.8 Å². The Morgan fingerprint density at radius 2 is 2.36 bits per heavy atom. The Kier molecular flexibility index (Phi) is 2.84. The van der Waals surface area contributed by atoms with Crippen LogP contribution in [0.3, 0.4) is 0 Å². The van der Waals surface area contributed by atoms with Crippen LogP contribution in [-0.4, -0.2) is 39.0 Å². The number of hydrogen-bond donors (Lipinski definition) is 0. The summed E-state index contributed by atoms with van der Waals surface area (Å²) in [6, 6.07) is 0. The summed E-state index contributed by atoms with van der Waals surface area (Å²) in [5.41, 5.74) is 0. The molecule has 0 aliphatic carbocycles. The number of rotatable bonds is 3. The van der Waals surface area contributed by atoms with Crippen molar-refractivity contribution < 1.29 is 19.0 Å². The number of carbonyl (C=O) groups is 1. The molecule has 4 heteroatoms. The molecule has 1 unspecified atom stereocenters. The summed E-state index contributed by atoms with van der Waals surface area (Å²) in [4.78, 5) is 10.7. The van der Waals surface area contributed by atoms with Gasteiger partial charge >= 0.3 is 5.97 Å². The predicted octanol–water partition coefficient (Wildman–Crippen LogP) is -0.0367. The third kappa shape index (κ3) is 1.91. The van der Waals surface area contributed by atoms with Gasteiger partial charge in [0.25, 0.3) is 0 Å². The minimum Gasteiger partial charge on any atom is -0.457 e. The molecule has 2 atom stereocenters. The van der Waals surface area contributed by atoms with Gasteiger partial charge in [0.2, 0.25) is 0 Å². The van der Waals surface area contributed by atoms with Crippen LogP contribution in [0.4, 0.5) is 0 Å². The lowest BCUT2D eigenvalue weighted by atomic mass is 10.2. The molecule has 0 radical (unpaired) electrons. The Labute approximate surface area is 65.4 Å². The van der Waals surface area contributed by atoms with E-state index in [2.05, 4.69) is 0 Å². The van der Waals surface area contributed by atoms with Gasteiger partial charge in [-0.15, -0.1) is 0 Å². The maximum atomic E-state index is 10.7. The SMILES string of the molecule is COC[C@H]1OC(=O)CC1OC. The summed E-state index contributed by atoms with van der Waals surface area (Å²) in [5.74, 6) is -0.209. The van der Waals surface area contributed by atoms with Gasteiger partial charge in [0.05, 0.1) is 13.0 Å². The lowest BCUT2D eigenvalue weighted by Gasteiger charge is -2.14. The first-order chi connectivity index (χ1) is 5.27. The summed E-state index contributed by atoms with van der Waals surface area (Å²) in [7, 11) is 3.13. The predicted molar refractivity (Wildman–Crippen MR) is 37.2 cm³/mol. The van der Waals surface area contributed by atoms with E-state index < -0.39 is 0 Å².